The number of aromatic nitrogens is 3. The summed E-state index contributed by atoms with van der Waals surface area (Å²) in [7, 11) is -3.81. The molecule has 40 heavy (non-hydrogen) atoms. The Balaban J connectivity index is 1.86. The van der Waals surface area contributed by atoms with Gasteiger partial charge in [-0.05, 0) is 57.9 Å². The minimum atomic E-state index is -3.81. The normalized spacial score (nSPS) is 12.0. The molecule has 0 aliphatic heterocycles. The van der Waals surface area contributed by atoms with Crippen LogP contribution in [0.1, 0.15) is 63.4 Å². The molecule has 216 valence electrons. The standard InChI is InChI=1S/C27H34ClFN5O5P/c1-7-37-40(36,38-8-2)39-27(5,6)16-32-26(35)21-14-30-12-11-23(21)33-25-20(17(3)4)15-31-24(34-25)19-13-18(28)9-10-22(19)29/h9-15,17H,7-8,16H2,1-6H3,(H,32,35)(H,30,31,33,34). The van der Waals surface area contributed by atoms with Gasteiger partial charge in [-0.3, -0.25) is 23.3 Å². The van der Waals surface area contributed by atoms with Crippen molar-refractivity contribution in [3.05, 3.63) is 64.8 Å². The van der Waals surface area contributed by atoms with E-state index in [4.69, 9.17) is 25.2 Å². The van der Waals surface area contributed by atoms with E-state index in [-0.39, 0.29) is 42.6 Å². The molecule has 3 rings (SSSR count). The fourth-order valence-corrected chi connectivity index (χ4v) is 5.31. The molecule has 0 aliphatic rings. The maximum absolute atomic E-state index is 14.5. The van der Waals surface area contributed by atoms with Gasteiger partial charge in [0.15, 0.2) is 5.82 Å². The third-order valence-electron chi connectivity index (χ3n) is 5.54. The van der Waals surface area contributed by atoms with E-state index >= 15 is 0 Å². The van der Waals surface area contributed by atoms with Crippen LogP contribution in [-0.2, 0) is 18.1 Å². The summed E-state index contributed by atoms with van der Waals surface area (Å²) >= 11 is 6.07. The SMILES string of the molecule is CCOP(=O)(OCC)OC(C)(C)CNC(=O)c1cnccc1Nc1nc(-c2cc(Cl)ccc2F)ncc1C(C)C. The molecule has 0 aliphatic carbocycles. The second-order valence-corrected chi connectivity index (χ2v) is 11.7. The summed E-state index contributed by atoms with van der Waals surface area (Å²) in [6, 6.07) is 5.78. The quantitative estimate of drug-likeness (QED) is 0.203. The first kappa shape index (κ1) is 31.6. The van der Waals surface area contributed by atoms with Crippen LogP contribution >= 0.6 is 19.4 Å². The maximum atomic E-state index is 14.5. The first-order valence-electron chi connectivity index (χ1n) is 12.8. The summed E-state index contributed by atoms with van der Waals surface area (Å²) in [5, 5.41) is 6.33. The van der Waals surface area contributed by atoms with Gasteiger partial charge in [0.1, 0.15) is 11.6 Å². The number of carbonyl (C=O) groups excluding carboxylic acids is 1. The molecule has 13 heteroatoms. The molecule has 10 nitrogen and oxygen atoms in total. The summed E-state index contributed by atoms with van der Waals surface area (Å²) in [5.41, 5.74) is 0.459. The summed E-state index contributed by atoms with van der Waals surface area (Å²) in [5.74, 6) is -0.420. The van der Waals surface area contributed by atoms with Gasteiger partial charge in [0.25, 0.3) is 5.91 Å². The van der Waals surface area contributed by atoms with Crippen LogP contribution in [0.5, 0.6) is 0 Å². The van der Waals surface area contributed by atoms with E-state index in [1.807, 2.05) is 13.8 Å². The molecule has 1 amide bonds. The van der Waals surface area contributed by atoms with E-state index < -0.39 is 25.1 Å². The Hall–Kier alpha value is -2.95. The number of nitrogens with one attached hydrogen (secondary N) is 2. The average molecular weight is 594 g/mol. The van der Waals surface area contributed by atoms with Crippen molar-refractivity contribution in [2.45, 2.75) is 53.1 Å². The topological polar surface area (TPSA) is 125 Å². The number of phosphoric ester groups is 1. The maximum Gasteiger partial charge on any atom is 0.475 e. The summed E-state index contributed by atoms with van der Waals surface area (Å²) in [6.07, 6.45) is 4.55. The fourth-order valence-electron chi connectivity index (χ4n) is 3.65. The van der Waals surface area contributed by atoms with Crippen molar-refractivity contribution < 1.29 is 27.3 Å². The lowest BCUT2D eigenvalue weighted by Crippen LogP contribution is -2.40. The predicted octanol–water partition coefficient (Wildman–Crippen LogP) is 6.90. The molecular weight excluding hydrogens is 560 g/mol. The molecule has 3 aromatic rings. The number of nitrogens with zero attached hydrogens (tertiary/aromatic N) is 3. The Morgan fingerprint density at radius 2 is 1.85 bits per heavy atom. The van der Waals surface area contributed by atoms with Crippen LogP contribution in [0.15, 0.2) is 42.9 Å². The number of phosphoric acid groups is 1. The van der Waals surface area contributed by atoms with Crippen molar-refractivity contribution in [3.8, 4) is 11.4 Å². The smallest absolute Gasteiger partial charge is 0.349 e. The number of anilines is 2. The van der Waals surface area contributed by atoms with Gasteiger partial charge >= 0.3 is 7.82 Å². The van der Waals surface area contributed by atoms with Gasteiger partial charge in [-0.25, -0.2) is 18.9 Å². The second-order valence-electron chi connectivity index (χ2n) is 9.64. The van der Waals surface area contributed by atoms with E-state index in [9.17, 15) is 13.8 Å². The minimum absolute atomic E-state index is 0.00670. The van der Waals surface area contributed by atoms with Crippen molar-refractivity contribution in [1.29, 1.82) is 0 Å². The average Bonchev–Trinajstić information content (AvgIpc) is 2.88. The minimum Gasteiger partial charge on any atom is -0.349 e. The van der Waals surface area contributed by atoms with Gasteiger partial charge in [0.2, 0.25) is 0 Å². The number of carbonyl (C=O) groups is 1. The molecule has 0 saturated carbocycles. The van der Waals surface area contributed by atoms with E-state index in [0.29, 0.717) is 16.5 Å². The molecule has 0 radical (unpaired) electrons. The van der Waals surface area contributed by atoms with Crippen molar-refractivity contribution >= 4 is 36.8 Å². The third-order valence-corrected chi connectivity index (χ3v) is 7.64. The lowest BCUT2D eigenvalue weighted by molar-refractivity contribution is 0.0344. The second kappa shape index (κ2) is 13.6. The van der Waals surface area contributed by atoms with Crippen molar-refractivity contribution in [1.82, 2.24) is 20.3 Å². The number of benzene rings is 1. The first-order valence-corrected chi connectivity index (χ1v) is 14.6. The molecule has 0 atom stereocenters. The molecule has 2 N–H and O–H groups in total. The molecular formula is C27H34ClFN5O5P. The monoisotopic (exact) mass is 593 g/mol. The lowest BCUT2D eigenvalue weighted by Gasteiger charge is -2.29. The van der Waals surface area contributed by atoms with E-state index in [1.165, 1.54) is 30.6 Å². The highest BCUT2D eigenvalue weighted by Crippen LogP contribution is 2.52. The van der Waals surface area contributed by atoms with Crippen molar-refractivity contribution in [2.24, 2.45) is 0 Å². The first-order chi connectivity index (χ1) is 18.9. The van der Waals surface area contributed by atoms with Crippen LogP contribution in [0.3, 0.4) is 0 Å². The van der Waals surface area contributed by atoms with Crippen molar-refractivity contribution in [3.63, 3.8) is 0 Å². The summed E-state index contributed by atoms with van der Waals surface area (Å²) < 4.78 is 43.4. The van der Waals surface area contributed by atoms with E-state index in [2.05, 4.69) is 25.6 Å². The molecule has 0 fully saturated rings. The zero-order chi connectivity index (χ0) is 29.5. The van der Waals surface area contributed by atoms with Crippen LogP contribution in [0.4, 0.5) is 15.9 Å². The van der Waals surface area contributed by atoms with Crippen LogP contribution < -0.4 is 10.6 Å². The van der Waals surface area contributed by atoms with Gasteiger partial charge in [0.05, 0.1) is 35.6 Å². The van der Waals surface area contributed by atoms with Crippen LogP contribution in [0, 0.1) is 5.82 Å². The van der Waals surface area contributed by atoms with Crippen LogP contribution in [-0.4, -0.2) is 46.2 Å². The third kappa shape index (κ3) is 8.28. The molecule has 0 saturated heterocycles. The molecule has 1 aromatic carbocycles. The molecule has 0 spiro atoms. The summed E-state index contributed by atoms with van der Waals surface area (Å²) in [4.78, 5) is 26.2. The van der Waals surface area contributed by atoms with E-state index in [1.54, 1.807) is 40.0 Å². The van der Waals surface area contributed by atoms with Gasteiger partial charge in [-0.2, -0.15) is 0 Å². The van der Waals surface area contributed by atoms with Crippen molar-refractivity contribution in [2.75, 3.05) is 25.1 Å². The Morgan fingerprint density at radius 1 is 1.15 bits per heavy atom. The van der Waals surface area contributed by atoms with Crippen LogP contribution in [0.25, 0.3) is 11.4 Å². The lowest BCUT2D eigenvalue weighted by atomic mass is 10.1. The number of hydrogen-bond donors (Lipinski definition) is 2. The predicted molar refractivity (Wildman–Crippen MR) is 152 cm³/mol. The molecule has 2 heterocycles. The van der Waals surface area contributed by atoms with Gasteiger partial charge in [0, 0.05) is 35.7 Å². The summed E-state index contributed by atoms with van der Waals surface area (Å²) in [6.45, 7) is 10.9. The molecule has 0 bridgehead atoms. The Kier molecular flexibility index (Phi) is 10.7. The highest BCUT2D eigenvalue weighted by Gasteiger charge is 2.35. The zero-order valence-corrected chi connectivity index (χ0v) is 25.0. The van der Waals surface area contributed by atoms with E-state index in [0.717, 1.165) is 5.56 Å². The Labute approximate surface area is 238 Å². The molecule has 2 aromatic heterocycles. The number of halogens is 2. The fraction of sp³-hybridized carbons (Fsp3) is 0.407. The zero-order valence-electron chi connectivity index (χ0n) is 23.3. The Bertz CT molecular complexity index is 1380. The number of hydrogen-bond acceptors (Lipinski definition) is 9. The number of pyridine rings is 1. The molecule has 0 unspecified atom stereocenters. The highest BCUT2D eigenvalue weighted by molar-refractivity contribution is 7.48. The van der Waals surface area contributed by atoms with Gasteiger partial charge in [-0.1, -0.05) is 25.4 Å². The van der Waals surface area contributed by atoms with Gasteiger partial charge in [-0.15, -0.1) is 0 Å². The Morgan fingerprint density at radius 3 is 2.50 bits per heavy atom. The largest absolute Gasteiger partial charge is 0.475 e. The highest BCUT2D eigenvalue weighted by atomic mass is 35.5. The van der Waals surface area contributed by atoms with Gasteiger partial charge < -0.3 is 10.6 Å². The number of rotatable bonds is 13. The number of amides is 1. The van der Waals surface area contributed by atoms with Crippen LogP contribution in [0.2, 0.25) is 5.02 Å².